The highest BCUT2D eigenvalue weighted by Gasteiger charge is 2.23. The predicted octanol–water partition coefficient (Wildman–Crippen LogP) is 2.50. The number of amides is 1. The molecular formula is C21H28N4O2. The first-order valence-corrected chi connectivity index (χ1v) is 9.37. The average molecular weight is 368 g/mol. The van der Waals surface area contributed by atoms with Gasteiger partial charge in [0.25, 0.3) is 5.91 Å². The zero-order chi connectivity index (χ0) is 19.2. The SMILES string of the molecule is COCCNc1nc(-c2ccc(C)cc2)ccc1C(=O)N1CCN(C)CC1. The van der Waals surface area contributed by atoms with Crippen molar-refractivity contribution in [2.75, 3.05) is 58.8 Å². The Morgan fingerprint density at radius 1 is 1.11 bits per heavy atom. The fraction of sp³-hybridized carbons (Fsp3) is 0.429. The van der Waals surface area contributed by atoms with E-state index in [2.05, 4.69) is 48.5 Å². The van der Waals surface area contributed by atoms with Gasteiger partial charge < -0.3 is 19.9 Å². The number of carbonyl (C=O) groups excluding carboxylic acids is 1. The van der Waals surface area contributed by atoms with Gasteiger partial charge in [-0.2, -0.15) is 0 Å². The van der Waals surface area contributed by atoms with Crippen LogP contribution in [-0.4, -0.2) is 74.2 Å². The smallest absolute Gasteiger partial charge is 0.257 e. The molecule has 0 bridgehead atoms. The minimum atomic E-state index is 0.0333. The molecule has 1 N–H and O–H groups in total. The van der Waals surface area contributed by atoms with E-state index in [1.807, 2.05) is 17.0 Å². The molecule has 0 aliphatic carbocycles. The van der Waals surface area contributed by atoms with Gasteiger partial charge in [-0.05, 0) is 26.1 Å². The topological polar surface area (TPSA) is 57.7 Å². The maximum absolute atomic E-state index is 13.0. The van der Waals surface area contributed by atoms with Crippen LogP contribution in [0.5, 0.6) is 0 Å². The molecule has 1 aromatic heterocycles. The van der Waals surface area contributed by atoms with E-state index in [1.54, 1.807) is 7.11 Å². The molecule has 6 nitrogen and oxygen atoms in total. The Kier molecular flexibility index (Phi) is 6.42. The Hall–Kier alpha value is -2.44. The second-order valence-corrected chi connectivity index (χ2v) is 6.97. The van der Waals surface area contributed by atoms with Crippen LogP contribution in [-0.2, 0) is 4.74 Å². The summed E-state index contributed by atoms with van der Waals surface area (Å²) in [6.07, 6.45) is 0. The molecule has 27 heavy (non-hydrogen) atoms. The molecule has 1 fully saturated rings. The molecule has 1 amide bonds. The molecule has 0 radical (unpaired) electrons. The maximum atomic E-state index is 13.0. The van der Waals surface area contributed by atoms with Crippen molar-refractivity contribution in [3.63, 3.8) is 0 Å². The van der Waals surface area contributed by atoms with E-state index in [0.717, 1.165) is 37.4 Å². The van der Waals surface area contributed by atoms with Gasteiger partial charge in [0.2, 0.25) is 0 Å². The molecule has 3 rings (SSSR count). The fourth-order valence-electron chi connectivity index (χ4n) is 3.10. The molecule has 1 saturated heterocycles. The standard InChI is InChI=1S/C21H28N4O2/c1-16-4-6-17(7-5-16)19-9-8-18(20(23-19)22-10-15-27-3)21(26)25-13-11-24(2)12-14-25/h4-9H,10-15H2,1-3H3,(H,22,23). The molecule has 1 aliphatic heterocycles. The molecule has 1 aliphatic rings. The number of piperazine rings is 1. The van der Waals surface area contributed by atoms with Gasteiger partial charge >= 0.3 is 0 Å². The summed E-state index contributed by atoms with van der Waals surface area (Å²) >= 11 is 0. The summed E-state index contributed by atoms with van der Waals surface area (Å²) in [5, 5.41) is 3.27. The molecule has 0 spiro atoms. The molecule has 0 atom stereocenters. The van der Waals surface area contributed by atoms with Gasteiger partial charge in [-0.1, -0.05) is 29.8 Å². The first-order valence-electron chi connectivity index (χ1n) is 9.37. The molecule has 2 aromatic rings. The number of rotatable bonds is 6. The number of pyridine rings is 1. The molecular weight excluding hydrogens is 340 g/mol. The Morgan fingerprint density at radius 3 is 2.48 bits per heavy atom. The van der Waals surface area contributed by atoms with Crippen LogP contribution < -0.4 is 5.32 Å². The summed E-state index contributed by atoms with van der Waals surface area (Å²) in [5.41, 5.74) is 3.71. The van der Waals surface area contributed by atoms with Crippen LogP contribution in [0.1, 0.15) is 15.9 Å². The van der Waals surface area contributed by atoms with Crippen LogP contribution >= 0.6 is 0 Å². The van der Waals surface area contributed by atoms with Gasteiger partial charge in [-0.25, -0.2) is 4.98 Å². The first kappa shape index (κ1) is 19.3. The monoisotopic (exact) mass is 368 g/mol. The number of benzene rings is 1. The highest BCUT2D eigenvalue weighted by molar-refractivity contribution is 5.99. The molecule has 1 aromatic carbocycles. The van der Waals surface area contributed by atoms with Gasteiger partial charge in [-0.3, -0.25) is 4.79 Å². The molecule has 0 unspecified atom stereocenters. The van der Waals surface area contributed by atoms with Crippen LogP contribution in [0.25, 0.3) is 11.3 Å². The lowest BCUT2D eigenvalue weighted by Crippen LogP contribution is -2.47. The van der Waals surface area contributed by atoms with Crippen LogP contribution in [0, 0.1) is 6.92 Å². The van der Waals surface area contributed by atoms with Gasteiger partial charge in [0, 0.05) is 45.4 Å². The van der Waals surface area contributed by atoms with Crippen molar-refractivity contribution >= 4 is 11.7 Å². The summed E-state index contributed by atoms with van der Waals surface area (Å²) in [6, 6.07) is 12.1. The number of hydrogen-bond acceptors (Lipinski definition) is 5. The van der Waals surface area contributed by atoms with Gasteiger partial charge in [-0.15, -0.1) is 0 Å². The predicted molar refractivity (Wildman–Crippen MR) is 108 cm³/mol. The lowest BCUT2D eigenvalue weighted by molar-refractivity contribution is 0.0664. The number of methoxy groups -OCH3 is 1. The normalized spacial score (nSPS) is 15.0. The lowest BCUT2D eigenvalue weighted by Gasteiger charge is -2.32. The van der Waals surface area contributed by atoms with Crippen LogP contribution in [0.3, 0.4) is 0 Å². The zero-order valence-corrected chi connectivity index (χ0v) is 16.4. The van der Waals surface area contributed by atoms with E-state index < -0.39 is 0 Å². The molecule has 0 saturated carbocycles. The van der Waals surface area contributed by atoms with E-state index in [9.17, 15) is 4.79 Å². The van der Waals surface area contributed by atoms with Crippen molar-refractivity contribution in [2.45, 2.75) is 6.92 Å². The van der Waals surface area contributed by atoms with E-state index >= 15 is 0 Å². The number of carbonyl (C=O) groups is 1. The summed E-state index contributed by atoms with van der Waals surface area (Å²) in [5.74, 6) is 0.653. The second-order valence-electron chi connectivity index (χ2n) is 6.97. The van der Waals surface area contributed by atoms with Crippen molar-refractivity contribution in [1.29, 1.82) is 0 Å². The van der Waals surface area contributed by atoms with E-state index in [0.29, 0.717) is 24.5 Å². The number of nitrogens with zero attached hydrogens (tertiary/aromatic N) is 3. The number of anilines is 1. The third kappa shape index (κ3) is 4.84. The third-order valence-corrected chi connectivity index (χ3v) is 4.86. The third-order valence-electron chi connectivity index (χ3n) is 4.86. The zero-order valence-electron chi connectivity index (χ0n) is 16.4. The van der Waals surface area contributed by atoms with Crippen molar-refractivity contribution in [3.8, 4) is 11.3 Å². The molecule has 6 heteroatoms. The summed E-state index contributed by atoms with van der Waals surface area (Å²) in [7, 11) is 3.74. The van der Waals surface area contributed by atoms with Crippen LogP contribution in [0.4, 0.5) is 5.82 Å². The summed E-state index contributed by atoms with van der Waals surface area (Å²) in [6.45, 7) is 6.49. The van der Waals surface area contributed by atoms with Crippen molar-refractivity contribution in [1.82, 2.24) is 14.8 Å². The van der Waals surface area contributed by atoms with Gasteiger partial charge in [0.15, 0.2) is 0 Å². The minimum Gasteiger partial charge on any atom is -0.383 e. The Morgan fingerprint density at radius 2 is 1.81 bits per heavy atom. The number of hydrogen-bond donors (Lipinski definition) is 1. The van der Waals surface area contributed by atoms with Crippen LogP contribution in [0.15, 0.2) is 36.4 Å². The van der Waals surface area contributed by atoms with E-state index in [1.165, 1.54) is 5.56 Å². The maximum Gasteiger partial charge on any atom is 0.257 e. The quantitative estimate of drug-likeness (QED) is 0.794. The highest BCUT2D eigenvalue weighted by Crippen LogP contribution is 2.24. The van der Waals surface area contributed by atoms with E-state index in [-0.39, 0.29) is 5.91 Å². The van der Waals surface area contributed by atoms with Crippen molar-refractivity contribution < 1.29 is 9.53 Å². The molecule has 2 heterocycles. The fourth-order valence-corrected chi connectivity index (χ4v) is 3.10. The first-order chi connectivity index (χ1) is 13.1. The largest absolute Gasteiger partial charge is 0.383 e. The van der Waals surface area contributed by atoms with E-state index in [4.69, 9.17) is 9.72 Å². The number of aryl methyl sites for hydroxylation is 1. The number of nitrogens with one attached hydrogen (secondary N) is 1. The van der Waals surface area contributed by atoms with Crippen molar-refractivity contribution in [2.24, 2.45) is 0 Å². The number of aromatic nitrogens is 1. The summed E-state index contributed by atoms with van der Waals surface area (Å²) < 4.78 is 5.13. The number of ether oxygens (including phenoxy) is 1. The Labute approximate surface area is 161 Å². The van der Waals surface area contributed by atoms with Gasteiger partial charge in [0.1, 0.15) is 5.82 Å². The lowest BCUT2D eigenvalue weighted by atomic mass is 10.1. The second kappa shape index (κ2) is 8.97. The van der Waals surface area contributed by atoms with Gasteiger partial charge in [0.05, 0.1) is 17.9 Å². The minimum absolute atomic E-state index is 0.0333. The Balaban J connectivity index is 1.87. The number of likely N-dealkylation sites (N-methyl/N-ethyl adjacent to an activating group) is 1. The summed E-state index contributed by atoms with van der Waals surface area (Å²) in [4.78, 5) is 21.9. The Bertz CT molecular complexity index is 768. The van der Waals surface area contributed by atoms with Crippen molar-refractivity contribution in [3.05, 3.63) is 47.5 Å². The highest BCUT2D eigenvalue weighted by atomic mass is 16.5. The van der Waals surface area contributed by atoms with Crippen LogP contribution in [0.2, 0.25) is 0 Å². The average Bonchev–Trinajstić information content (AvgIpc) is 2.69. The molecule has 144 valence electrons.